The molecule has 0 radical (unpaired) electrons. The second-order valence-electron chi connectivity index (χ2n) is 10.3. The van der Waals surface area contributed by atoms with Gasteiger partial charge in [-0.3, -0.25) is 4.79 Å². The van der Waals surface area contributed by atoms with Gasteiger partial charge in [-0.05, 0) is 31.2 Å². The summed E-state index contributed by atoms with van der Waals surface area (Å²) in [5, 5.41) is 71.3. The van der Waals surface area contributed by atoms with E-state index in [9.17, 15) is 40.5 Å². The van der Waals surface area contributed by atoms with Crippen molar-refractivity contribution >= 4 is 11.0 Å². The number of aromatic hydroxyl groups is 2. The predicted octanol–water partition coefficient (Wildman–Crippen LogP) is 0.177. The fourth-order valence-electron chi connectivity index (χ4n) is 5.04. The third-order valence-corrected chi connectivity index (χ3v) is 7.48. The Labute approximate surface area is 233 Å². The maximum Gasteiger partial charge on any atom is 0.227 e. The van der Waals surface area contributed by atoms with Gasteiger partial charge in [0.1, 0.15) is 64.5 Å². The summed E-state index contributed by atoms with van der Waals surface area (Å²) in [5.74, 6) is -1.02. The first kappa shape index (κ1) is 29.2. The molecule has 0 amide bonds. The summed E-state index contributed by atoms with van der Waals surface area (Å²) in [6, 6.07) is 9.68. The molecule has 4 unspecified atom stereocenters. The number of phenols is 2. The van der Waals surface area contributed by atoms with Crippen molar-refractivity contribution < 1.29 is 59.1 Å². The molecule has 3 aromatic rings. The van der Waals surface area contributed by atoms with Gasteiger partial charge in [-0.2, -0.15) is 0 Å². The van der Waals surface area contributed by atoms with Crippen LogP contribution in [0.3, 0.4) is 0 Å². The van der Waals surface area contributed by atoms with Crippen LogP contribution in [0, 0.1) is 5.92 Å². The minimum absolute atomic E-state index is 0.0196. The number of fused-ring (bicyclic) bond motifs is 1. The highest BCUT2D eigenvalue weighted by Gasteiger charge is 2.49. The van der Waals surface area contributed by atoms with E-state index in [1.807, 2.05) is 0 Å². The van der Waals surface area contributed by atoms with E-state index in [-0.39, 0.29) is 28.2 Å². The van der Waals surface area contributed by atoms with E-state index in [2.05, 4.69) is 0 Å². The van der Waals surface area contributed by atoms with Crippen LogP contribution in [0.5, 0.6) is 17.2 Å². The van der Waals surface area contributed by atoms with Crippen LogP contribution in [0.25, 0.3) is 22.3 Å². The number of hydrogen-bond acceptors (Lipinski definition) is 13. The van der Waals surface area contributed by atoms with E-state index in [4.69, 9.17) is 23.4 Å². The molecule has 10 atom stereocenters. The third kappa shape index (κ3) is 5.63. The Kier molecular flexibility index (Phi) is 8.23. The van der Waals surface area contributed by atoms with Gasteiger partial charge in [-0.15, -0.1) is 0 Å². The summed E-state index contributed by atoms with van der Waals surface area (Å²) in [5.41, 5.74) is -0.0469. The molecule has 0 spiro atoms. The molecule has 0 bridgehead atoms. The molecule has 1 aromatic heterocycles. The van der Waals surface area contributed by atoms with Gasteiger partial charge in [0.2, 0.25) is 6.29 Å². The maximum atomic E-state index is 12.8. The Morgan fingerprint density at radius 1 is 0.854 bits per heavy atom. The van der Waals surface area contributed by atoms with Crippen LogP contribution >= 0.6 is 0 Å². The SMILES string of the molecule is CC1O[C@@H](O[C@H]2C(C)[C@H](O)C(CO)O[C@H]2Oc2cc(O)c3c(=O)cc(-c4ccc(O)cc4)oc3c2)[C@@H](O)C(O)[C@@H]1O. The predicted molar refractivity (Wildman–Crippen MR) is 140 cm³/mol. The Hall–Kier alpha value is -3.27. The van der Waals surface area contributed by atoms with Crippen LogP contribution in [0.4, 0.5) is 0 Å². The number of phenolic OH excluding ortho intramolecular Hbond substituents is 2. The molecule has 41 heavy (non-hydrogen) atoms. The van der Waals surface area contributed by atoms with Crippen molar-refractivity contribution in [3.8, 4) is 28.6 Å². The van der Waals surface area contributed by atoms with E-state index >= 15 is 0 Å². The minimum atomic E-state index is -1.64. The van der Waals surface area contributed by atoms with Crippen molar-refractivity contribution in [1.29, 1.82) is 0 Å². The highest BCUT2D eigenvalue weighted by Crippen LogP contribution is 2.36. The summed E-state index contributed by atoms with van der Waals surface area (Å²) in [6.07, 6.45) is -11.7. The van der Waals surface area contributed by atoms with Gasteiger partial charge in [0.25, 0.3) is 0 Å². The Balaban J connectivity index is 1.47. The smallest absolute Gasteiger partial charge is 0.227 e. The van der Waals surface area contributed by atoms with Crippen molar-refractivity contribution in [2.45, 2.75) is 69.2 Å². The number of rotatable bonds is 6. The van der Waals surface area contributed by atoms with Crippen LogP contribution in [0.15, 0.2) is 51.7 Å². The van der Waals surface area contributed by atoms with Gasteiger partial charge in [0.15, 0.2) is 11.7 Å². The lowest BCUT2D eigenvalue weighted by atomic mass is 9.90. The monoisotopic (exact) mass is 576 g/mol. The maximum absolute atomic E-state index is 12.8. The van der Waals surface area contributed by atoms with Crippen LogP contribution in [-0.2, 0) is 14.2 Å². The zero-order valence-corrected chi connectivity index (χ0v) is 22.1. The molecule has 7 N–H and O–H groups in total. The molecule has 2 fully saturated rings. The molecule has 13 heteroatoms. The minimum Gasteiger partial charge on any atom is -0.508 e. The lowest BCUT2D eigenvalue weighted by Gasteiger charge is -2.46. The topological polar surface area (TPSA) is 209 Å². The van der Waals surface area contributed by atoms with Crippen molar-refractivity contribution in [2.75, 3.05) is 6.61 Å². The zero-order chi connectivity index (χ0) is 29.6. The van der Waals surface area contributed by atoms with E-state index in [1.165, 1.54) is 31.2 Å². The number of hydrogen-bond donors (Lipinski definition) is 7. The molecular weight excluding hydrogens is 544 g/mol. The molecule has 13 nitrogen and oxygen atoms in total. The van der Waals surface area contributed by atoms with Gasteiger partial charge in [0, 0.05) is 29.7 Å². The average molecular weight is 577 g/mol. The largest absolute Gasteiger partial charge is 0.508 e. The molecule has 2 aromatic carbocycles. The van der Waals surface area contributed by atoms with Crippen LogP contribution in [-0.4, -0.2) is 97.7 Å². The molecule has 222 valence electrons. The van der Waals surface area contributed by atoms with Crippen molar-refractivity contribution in [2.24, 2.45) is 5.92 Å². The normalized spacial score (nSPS) is 34.0. The molecule has 2 aliphatic heterocycles. The first-order chi connectivity index (χ1) is 19.5. The van der Waals surface area contributed by atoms with E-state index in [0.717, 1.165) is 6.07 Å². The van der Waals surface area contributed by atoms with Gasteiger partial charge in [-0.1, -0.05) is 6.92 Å². The van der Waals surface area contributed by atoms with Crippen LogP contribution < -0.4 is 10.2 Å². The quantitative estimate of drug-likeness (QED) is 0.209. The summed E-state index contributed by atoms with van der Waals surface area (Å²) in [7, 11) is 0. The van der Waals surface area contributed by atoms with Crippen molar-refractivity contribution in [3.63, 3.8) is 0 Å². The van der Waals surface area contributed by atoms with Crippen molar-refractivity contribution in [1.82, 2.24) is 0 Å². The number of aliphatic hydroxyl groups is 5. The summed E-state index contributed by atoms with van der Waals surface area (Å²) in [4.78, 5) is 12.8. The summed E-state index contributed by atoms with van der Waals surface area (Å²) in [6.45, 7) is 2.53. The van der Waals surface area contributed by atoms with Crippen molar-refractivity contribution in [3.05, 3.63) is 52.7 Å². The molecule has 2 aliphatic rings. The molecule has 0 saturated carbocycles. The first-order valence-corrected chi connectivity index (χ1v) is 13.0. The Morgan fingerprint density at radius 3 is 2.24 bits per heavy atom. The van der Waals surface area contributed by atoms with E-state index < -0.39 is 79.0 Å². The van der Waals surface area contributed by atoms with Crippen LogP contribution in [0.1, 0.15) is 13.8 Å². The van der Waals surface area contributed by atoms with Gasteiger partial charge >= 0.3 is 0 Å². The summed E-state index contributed by atoms with van der Waals surface area (Å²) < 4.78 is 29.1. The fraction of sp³-hybridized carbons (Fsp3) is 0.464. The number of benzene rings is 2. The standard InChI is InChI=1S/C28H32O13/c1-11-22(33)20(10-29)40-28(26(11)41-27-25(36)24(35)23(34)12(2)37-27)38-15-7-16(31)21-17(32)9-18(39-19(21)8-15)13-3-5-14(30)6-4-13/h3-9,11-12,20,22-31,33-36H,10H2,1-2H3/t11?,12?,20?,22-,23+,24?,25-,26-,27-,28+/m0/s1. The number of aliphatic hydroxyl groups excluding tert-OH is 5. The molecule has 2 saturated heterocycles. The van der Waals surface area contributed by atoms with Crippen LogP contribution in [0.2, 0.25) is 0 Å². The van der Waals surface area contributed by atoms with E-state index in [0.29, 0.717) is 5.56 Å². The first-order valence-electron chi connectivity index (χ1n) is 13.0. The third-order valence-electron chi connectivity index (χ3n) is 7.48. The molecule has 3 heterocycles. The molecular formula is C28H32O13. The second-order valence-corrected chi connectivity index (χ2v) is 10.3. The second kappa shape index (κ2) is 11.5. The molecule has 0 aliphatic carbocycles. The fourth-order valence-corrected chi connectivity index (χ4v) is 5.04. The average Bonchev–Trinajstić information content (AvgIpc) is 2.94. The van der Waals surface area contributed by atoms with Gasteiger partial charge < -0.3 is 59.1 Å². The zero-order valence-electron chi connectivity index (χ0n) is 22.1. The Morgan fingerprint density at radius 2 is 1.56 bits per heavy atom. The van der Waals surface area contributed by atoms with Gasteiger partial charge in [-0.25, -0.2) is 0 Å². The lowest BCUT2D eigenvalue weighted by Crippen LogP contribution is -2.62. The summed E-state index contributed by atoms with van der Waals surface area (Å²) >= 11 is 0. The highest BCUT2D eigenvalue weighted by atomic mass is 16.7. The van der Waals surface area contributed by atoms with E-state index in [1.54, 1.807) is 19.1 Å². The molecule has 5 rings (SSSR count). The van der Waals surface area contributed by atoms with Gasteiger partial charge in [0.05, 0.1) is 18.8 Å². The lowest BCUT2D eigenvalue weighted by molar-refractivity contribution is -0.347. The number of ether oxygens (including phenoxy) is 4. The highest BCUT2D eigenvalue weighted by molar-refractivity contribution is 5.86. The Bertz CT molecular complexity index is 1420.